The summed E-state index contributed by atoms with van der Waals surface area (Å²) in [7, 11) is 0. The molecule has 0 saturated carbocycles. The zero-order valence-corrected chi connectivity index (χ0v) is 31.3. The molecule has 2 aliphatic rings. The van der Waals surface area contributed by atoms with Crippen LogP contribution in [0.5, 0.6) is 0 Å². The number of hydrogen-bond donors (Lipinski definition) is 0. The van der Waals surface area contributed by atoms with Crippen LogP contribution in [0.15, 0.2) is 209 Å². The topological polar surface area (TPSA) is 29.5 Å². The second kappa shape index (κ2) is 11.7. The van der Waals surface area contributed by atoms with Crippen molar-refractivity contribution in [1.29, 1.82) is 0 Å². The Morgan fingerprint density at radius 1 is 0.345 bits per heavy atom. The molecule has 0 amide bonds. The van der Waals surface area contributed by atoms with Crippen LogP contribution in [0, 0.1) is 0 Å². The van der Waals surface area contributed by atoms with Gasteiger partial charge in [0.25, 0.3) is 0 Å². The lowest BCUT2D eigenvalue weighted by Crippen LogP contribution is -2.25. The third-order valence-corrected chi connectivity index (χ3v) is 12.7. The maximum Gasteiger partial charge on any atom is 0.159 e. The predicted molar refractivity (Wildman–Crippen MR) is 237 cm³/mol. The van der Waals surface area contributed by atoms with Gasteiger partial charge >= 0.3 is 0 Å². The fraction of sp³-hybridized carbons (Fsp3) is 0.0182. The van der Waals surface area contributed by atoms with Crippen molar-refractivity contribution in [3.05, 3.63) is 222 Å². The number of fused-ring (bicyclic) bond motifs is 16. The van der Waals surface area contributed by atoms with E-state index in [-0.39, 0.29) is 0 Å². The molecule has 0 fully saturated rings. The number of rotatable bonds is 4. The average molecular weight is 740 g/mol. The molecule has 270 valence electrons. The van der Waals surface area contributed by atoms with Crippen molar-refractivity contribution in [2.24, 2.45) is 0 Å². The highest BCUT2D eigenvalue weighted by Crippen LogP contribution is 2.64. The molecule has 9 aromatic carbocycles. The molecule has 2 aliphatic carbocycles. The van der Waals surface area contributed by atoms with Crippen molar-refractivity contribution in [3.8, 4) is 33.4 Å². The molecule has 0 aliphatic heterocycles. The highest BCUT2D eigenvalue weighted by atomic mass is 16.3. The third kappa shape index (κ3) is 4.02. The van der Waals surface area contributed by atoms with Crippen LogP contribution in [0.4, 0.5) is 17.1 Å². The Kier molecular flexibility index (Phi) is 6.37. The monoisotopic (exact) mass is 739 g/mol. The van der Waals surface area contributed by atoms with E-state index in [2.05, 4.69) is 199 Å². The van der Waals surface area contributed by atoms with E-state index in [9.17, 15) is 0 Å². The average Bonchev–Trinajstić information content (AvgIpc) is 4.02. The minimum atomic E-state index is -0.465. The van der Waals surface area contributed by atoms with Gasteiger partial charge in [-0.1, -0.05) is 158 Å². The Bertz CT molecular complexity index is 3380. The molecule has 0 unspecified atom stereocenters. The molecule has 0 atom stereocenters. The van der Waals surface area contributed by atoms with Gasteiger partial charge in [-0.15, -0.1) is 0 Å². The number of para-hydroxylation sites is 4. The van der Waals surface area contributed by atoms with Gasteiger partial charge in [-0.3, -0.25) is 0 Å². The number of hydrogen-bond acceptors (Lipinski definition) is 3. The molecule has 2 aromatic heterocycles. The van der Waals surface area contributed by atoms with Gasteiger partial charge in [-0.2, -0.15) is 0 Å². The lowest BCUT2D eigenvalue weighted by atomic mass is 9.70. The SMILES string of the molecule is c1ccc(N(c2ccccc2)c2cccc3c2oc2c(-c4cccc5c4-c4ccccc4C54c5ccccc5-c5ccccc54)c4c(cc23)oc2ccccc24)cc1. The number of nitrogens with zero attached hydrogens (tertiary/aromatic N) is 1. The van der Waals surface area contributed by atoms with Crippen molar-refractivity contribution < 1.29 is 8.83 Å². The maximum atomic E-state index is 7.41. The first-order valence-corrected chi connectivity index (χ1v) is 19.9. The van der Waals surface area contributed by atoms with Crippen LogP contribution in [-0.4, -0.2) is 0 Å². The Balaban J connectivity index is 1.17. The highest BCUT2D eigenvalue weighted by molar-refractivity contribution is 6.26. The van der Waals surface area contributed by atoms with Gasteiger partial charge in [-0.05, 0) is 92.5 Å². The minimum Gasteiger partial charge on any atom is -0.456 e. The molecular weight excluding hydrogens is 707 g/mol. The van der Waals surface area contributed by atoms with E-state index in [0.717, 1.165) is 72.1 Å². The summed E-state index contributed by atoms with van der Waals surface area (Å²) in [5.74, 6) is 0. The summed E-state index contributed by atoms with van der Waals surface area (Å²) in [6.07, 6.45) is 0. The summed E-state index contributed by atoms with van der Waals surface area (Å²) >= 11 is 0. The Morgan fingerprint density at radius 3 is 1.59 bits per heavy atom. The number of benzene rings is 9. The van der Waals surface area contributed by atoms with Gasteiger partial charge in [0.05, 0.1) is 11.1 Å². The van der Waals surface area contributed by atoms with Crippen LogP contribution in [0.1, 0.15) is 22.3 Å². The molecular formula is C55H33NO2. The number of anilines is 3. The Labute approximate surface area is 334 Å². The summed E-state index contributed by atoms with van der Waals surface area (Å²) in [6.45, 7) is 0. The lowest BCUT2D eigenvalue weighted by molar-refractivity contribution is 0.665. The molecule has 3 nitrogen and oxygen atoms in total. The van der Waals surface area contributed by atoms with E-state index in [4.69, 9.17) is 8.83 Å². The number of furan rings is 2. The Hall–Kier alpha value is -7.62. The summed E-state index contributed by atoms with van der Waals surface area (Å²) in [6, 6.07) is 72.1. The van der Waals surface area contributed by atoms with Gasteiger partial charge in [0.2, 0.25) is 0 Å². The molecule has 1 spiro atoms. The van der Waals surface area contributed by atoms with Crippen LogP contribution < -0.4 is 4.90 Å². The van der Waals surface area contributed by atoms with Crippen molar-refractivity contribution in [3.63, 3.8) is 0 Å². The van der Waals surface area contributed by atoms with E-state index in [1.54, 1.807) is 0 Å². The molecule has 13 rings (SSSR count). The zero-order valence-electron chi connectivity index (χ0n) is 31.3. The minimum absolute atomic E-state index is 0.465. The summed E-state index contributed by atoms with van der Waals surface area (Å²) in [4.78, 5) is 2.29. The lowest BCUT2D eigenvalue weighted by Gasteiger charge is -2.30. The first-order chi connectivity index (χ1) is 28.8. The van der Waals surface area contributed by atoms with E-state index >= 15 is 0 Å². The van der Waals surface area contributed by atoms with Crippen molar-refractivity contribution in [2.45, 2.75) is 5.41 Å². The molecule has 0 radical (unpaired) electrons. The first kappa shape index (κ1) is 31.6. The van der Waals surface area contributed by atoms with Gasteiger partial charge in [0, 0.05) is 38.5 Å². The summed E-state index contributed by atoms with van der Waals surface area (Å²) in [5, 5.41) is 4.19. The summed E-state index contributed by atoms with van der Waals surface area (Å²) in [5.41, 5.74) is 18.5. The van der Waals surface area contributed by atoms with E-state index in [1.165, 1.54) is 44.5 Å². The zero-order chi connectivity index (χ0) is 38.0. The Morgan fingerprint density at radius 2 is 0.879 bits per heavy atom. The van der Waals surface area contributed by atoms with Crippen molar-refractivity contribution in [1.82, 2.24) is 0 Å². The van der Waals surface area contributed by atoms with Crippen LogP contribution in [0.3, 0.4) is 0 Å². The maximum absolute atomic E-state index is 7.41. The molecule has 11 aromatic rings. The van der Waals surface area contributed by atoms with Crippen LogP contribution in [0.25, 0.3) is 77.3 Å². The third-order valence-electron chi connectivity index (χ3n) is 12.7. The molecule has 3 heteroatoms. The highest BCUT2D eigenvalue weighted by Gasteiger charge is 2.52. The van der Waals surface area contributed by atoms with Gasteiger partial charge in [0.15, 0.2) is 5.58 Å². The molecule has 0 saturated heterocycles. The predicted octanol–water partition coefficient (Wildman–Crippen LogP) is 15.0. The smallest absolute Gasteiger partial charge is 0.159 e. The fourth-order valence-corrected chi connectivity index (χ4v) is 10.5. The molecule has 58 heavy (non-hydrogen) atoms. The van der Waals surface area contributed by atoms with Gasteiger partial charge in [0.1, 0.15) is 16.7 Å². The standard InChI is InChI=1S/C55H33NO2/c1-3-17-34(18-4-1)56(35-19-5-2-6-20-35)47-31-16-25-38-42-33-49-51(40-24-10-14-32-48(40)57-49)52(54(42)58-53(38)47)41-26-15-30-46-50(41)39-23-9-13-29-45(39)55(46)43-27-11-7-21-36(43)37-22-8-12-28-44(37)55/h1-33H. The quantitative estimate of drug-likeness (QED) is 0.180. The van der Waals surface area contributed by atoms with Gasteiger partial charge in [-0.25, -0.2) is 0 Å². The van der Waals surface area contributed by atoms with Crippen LogP contribution >= 0.6 is 0 Å². The normalized spacial score (nSPS) is 13.3. The fourth-order valence-electron chi connectivity index (χ4n) is 10.5. The molecule has 2 heterocycles. The first-order valence-electron chi connectivity index (χ1n) is 19.9. The van der Waals surface area contributed by atoms with E-state index in [1.807, 2.05) is 6.07 Å². The molecule has 0 bridgehead atoms. The van der Waals surface area contributed by atoms with Crippen molar-refractivity contribution in [2.75, 3.05) is 4.90 Å². The largest absolute Gasteiger partial charge is 0.456 e. The van der Waals surface area contributed by atoms with Crippen LogP contribution in [0.2, 0.25) is 0 Å². The molecule has 0 N–H and O–H groups in total. The van der Waals surface area contributed by atoms with E-state index in [0.29, 0.717) is 0 Å². The summed E-state index contributed by atoms with van der Waals surface area (Å²) < 4.78 is 14.2. The second-order valence-electron chi connectivity index (χ2n) is 15.5. The van der Waals surface area contributed by atoms with Gasteiger partial charge < -0.3 is 13.7 Å². The second-order valence-corrected chi connectivity index (χ2v) is 15.5. The van der Waals surface area contributed by atoms with Crippen molar-refractivity contribution >= 4 is 60.9 Å². The van der Waals surface area contributed by atoms with Crippen LogP contribution in [-0.2, 0) is 5.41 Å². The van der Waals surface area contributed by atoms with E-state index < -0.39 is 5.41 Å².